The molecule has 0 aliphatic heterocycles. The number of hydrogen-bond donors (Lipinski definition) is 2. The second-order valence-corrected chi connectivity index (χ2v) is 3.78. The first-order chi connectivity index (χ1) is 8.63. The summed E-state index contributed by atoms with van der Waals surface area (Å²) in [6.45, 7) is 0.489. The van der Waals surface area contributed by atoms with E-state index in [2.05, 4.69) is 10.3 Å². The van der Waals surface area contributed by atoms with E-state index >= 15 is 0 Å². The van der Waals surface area contributed by atoms with Gasteiger partial charge < -0.3 is 15.2 Å². The Morgan fingerprint density at radius 3 is 3.11 bits per heavy atom. The Balaban J connectivity index is 2.30. The Bertz CT molecular complexity index is 432. The van der Waals surface area contributed by atoms with Gasteiger partial charge in [0.05, 0.1) is 12.7 Å². The fourth-order valence-electron chi connectivity index (χ4n) is 1.37. The summed E-state index contributed by atoms with van der Waals surface area (Å²) in [5.41, 5.74) is -0.466. The lowest BCUT2D eigenvalue weighted by Gasteiger charge is -2.10. The van der Waals surface area contributed by atoms with Crippen molar-refractivity contribution in [2.24, 2.45) is 0 Å². The zero-order chi connectivity index (χ0) is 13.4. The standard InChI is InChI=1S/C11H17N3O4/c1-18-8-9(15)3-5-12-10(16)7-14-6-2-4-13-11(14)17/h2,4,6,9,15H,3,5,7-8H2,1H3,(H,12,16). The molecule has 0 bridgehead atoms. The normalized spacial score (nSPS) is 12.1. The van der Waals surface area contributed by atoms with Gasteiger partial charge in [-0.05, 0) is 12.5 Å². The van der Waals surface area contributed by atoms with Crippen LogP contribution in [-0.4, -0.2) is 46.9 Å². The van der Waals surface area contributed by atoms with Gasteiger partial charge in [0, 0.05) is 26.0 Å². The van der Waals surface area contributed by atoms with Crippen molar-refractivity contribution in [3.05, 3.63) is 28.9 Å². The zero-order valence-electron chi connectivity index (χ0n) is 10.2. The molecule has 7 heteroatoms. The van der Waals surface area contributed by atoms with Crippen LogP contribution in [0.2, 0.25) is 0 Å². The van der Waals surface area contributed by atoms with Crippen molar-refractivity contribution in [1.82, 2.24) is 14.9 Å². The van der Waals surface area contributed by atoms with Crippen LogP contribution in [0.4, 0.5) is 0 Å². The van der Waals surface area contributed by atoms with Gasteiger partial charge in [-0.1, -0.05) is 0 Å². The molecule has 2 N–H and O–H groups in total. The summed E-state index contributed by atoms with van der Waals surface area (Å²) in [6, 6.07) is 1.58. The van der Waals surface area contributed by atoms with Crippen molar-refractivity contribution < 1.29 is 14.6 Å². The van der Waals surface area contributed by atoms with E-state index in [0.29, 0.717) is 13.0 Å². The zero-order valence-corrected chi connectivity index (χ0v) is 10.2. The maximum atomic E-state index is 11.5. The van der Waals surface area contributed by atoms with Crippen LogP contribution in [0.5, 0.6) is 0 Å². The quantitative estimate of drug-likeness (QED) is 0.635. The molecule has 0 spiro atoms. The number of methoxy groups -OCH3 is 1. The maximum Gasteiger partial charge on any atom is 0.347 e. The van der Waals surface area contributed by atoms with Crippen molar-refractivity contribution >= 4 is 5.91 Å². The molecule has 1 atom stereocenters. The number of carbonyl (C=O) groups excluding carboxylic acids is 1. The molecule has 1 heterocycles. The van der Waals surface area contributed by atoms with Crippen LogP contribution >= 0.6 is 0 Å². The maximum absolute atomic E-state index is 11.5. The van der Waals surface area contributed by atoms with Gasteiger partial charge in [-0.15, -0.1) is 0 Å². The lowest BCUT2D eigenvalue weighted by atomic mass is 10.2. The average Bonchev–Trinajstić information content (AvgIpc) is 2.32. The van der Waals surface area contributed by atoms with E-state index in [0.717, 1.165) is 0 Å². The topological polar surface area (TPSA) is 93.4 Å². The minimum absolute atomic E-state index is 0.0763. The van der Waals surface area contributed by atoms with Gasteiger partial charge in [0.2, 0.25) is 5.91 Å². The van der Waals surface area contributed by atoms with Gasteiger partial charge in [0.25, 0.3) is 0 Å². The molecule has 1 amide bonds. The SMILES string of the molecule is COCC(O)CCNC(=O)Cn1cccnc1=O. The summed E-state index contributed by atoms with van der Waals surface area (Å²) in [5, 5.41) is 12.0. The summed E-state index contributed by atoms with van der Waals surface area (Å²) in [7, 11) is 1.50. The molecule has 0 radical (unpaired) electrons. The smallest absolute Gasteiger partial charge is 0.347 e. The molecule has 18 heavy (non-hydrogen) atoms. The number of aliphatic hydroxyl groups is 1. The predicted octanol–water partition coefficient (Wildman–Crippen LogP) is -1.24. The number of amides is 1. The third-order valence-electron chi connectivity index (χ3n) is 2.26. The van der Waals surface area contributed by atoms with Crippen LogP contribution in [0.15, 0.2) is 23.3 Å². The predicted molar refractivity (Wildman–Crippen MR) is 64.0 cm³/mol. The number of ether oxygens (including phenoxy) is 1. The molecule has 100 valence electrons. The Morgan fingerprint density at radius 1 is 1.67 bits per heavy atom. The van der Waals surface area contributed by atoms with Gasteiger partial charge in [-0.2, -0.15) is 0 Å². The summed E-state index contributed by atoms with van der Waals surface area (Å²) in [4.78, 5) is 26.3. The van der Waals surface area contributed by atoms with E-state index in [-0.39, 0.29) is 19.1 Å². The van der Waals surface area contributed by atoms with Crippen molar-refractivity contribution in [3.8, 4) is 0 Å². The summed E-state index contributed by atoms with van der Waals surface area (Å²) in [6.07, 6.45) is 2.67. The van der Waals surface area contributed by atoms with E-state index in [9.17, 15) is 14.7 Å². The molecule has 0 aliphatic rings. The van der Waals surface area contributed by atoms with Gasteiger partial charge in [-0.25, -0.2) is 9.78 Å². The van der Waals surface area contributed by atoms with Crippen LogP contribution in [0, 0.1) is 0 Å². The average molecular weight is 255 g/mol. The molecule has 0 aromatic carbocycles. The van der Waals surface area contributed by atoms with Gasteiger partial charge in [0.1, 0.15) is 6.54 Å². The minimum atomic E-state index is -0.601. The van der Waals surface area contributed by atoms with Crippen LogP contribution in [0.25, 0.3) is 0 Å². The summed E-state index contributed by atoms with van der Waals surface area (Å²) >= 11 is 0. The Hall–Kier alpha value is -1.73. The third kappa shape index (κ3) is 5.07. The number of nitrogens with one attached hydrogen (secondary N) is 1. The number of aromatic nitrogens is 2. The molecule has 0 saturated heterocycles. The summed E-state index contributed by atoms with van der Waals surface area (Å²) in [5.74, 6) is -0.297. The molecule has 0 aliphatic carbocycles. The Morgan fingerprint density at radius 2 is 2.44 bits per heavy atom. The van der Waals surface area contributed by atoms with Crippen LogP contribution in [-0.2, 0) is 16.1 Å². The first-order valence-electron chi connectivity index (χ1n) is 5.58. The number of aliphatic hydroxyl groups excluding tert-OH is 1. The molecule has 1 aromatic heterocycles. The van der Waals surface area contributed by atoms with E-state index in [4.69, 9.17) is 4.74 Å². The number of hydrogen-bond acceptors (Lipinski definition) is 5. The minimum Gasteiger partial charge on any atom is -0.391 e. The van der Waals surface area contributed by atoms with Crippen molar-refractivity contribution in [2.45, 2.75) is 19.1 Å². The first kappa shape index (κ1) is 14.3. The molecule has 0 saturated carbocycles. The fraction of sp³-hybridized carbons (Fsp3) is 0.545. The lowest BCUT2D eigenvalue weighted by Crippen LogP contribution is -2.34. The highest BCUT2D eigenvalue weighted by Crippen LogP contribution is 1.90. The second-order valence-electron chi connectivity index (χ2n) is 3.78. The summed E-state index contributed by atoms with van der Waals surface area (Å²) < 4.78 is 5.97. The number of nitrogens with zero attached hydrogens (tertiary/aromatic N) is 2. The highest BCUT2D eigenvalue weighted by molar-refractivity contribution is 5.75. The Labute approximate surface area is 104 Å². The highest BCUT2D eigenvalue weighted by Gasteiger charge is 2.06. The number of carbonyl (C=O) groups is 1. The lowest BCUT2D eigenvalue weighted by molar-refractivity contribution is -0.121. The molecule has 1 rings (SSSR count). The molecular weight excluding hydrogens is 238 g/mol. The molecule has 7 nitrogen and oxygen atoms in total. The van der Waals surface area contributed by atoms with E-state index < -0.39 is 11.8 Å². The van der Waals surface area contributed by atoms with Gasteiger partial charge in [-0.3, -0.25) is 9.36 Å². The van der Waals surface area contributed by atoms with Crippen molar-refractivity contribution in [3.63, 3.8) is 0 Å². The van der Waals surface area contributed by atoms with E-state index in [1.165, 1.54) is 24.1 Å². The van der Waals surface area contributed by atoms with Crippen molar-refractivity contribution in [1.29, 1.82) is 0 Å². The number of rotatable bonds is 7. The molecular formula is C11H17N3O4. The Kier molecular flexibility index (Phi) is 6.03. The monoisotopic (exact) mass is 255 g/mol. The third-order valence-corrected chi connectivity index (χ3v) is 2.26. The fourth-order valence-corrected chi connectivity index (χ4v) is 1.37. The van der Waals surface area contributed by atoms with Crippen molar-refractivity contribution in [2.75, 3.05) is 20.3 Å². The van der Waals surface area contributed by atoms with E-state index in [1.807, 2.05) is 0 Å². The van der Waals surface area contributed by atoms with Gasteiger partial charge >= 0.3 is 5.69 Å². The molecule has 1 unspecified atom stereocenters. The van der Waals surface area contributed by atoms with E-state index in [1.54, 1.807) is 6.07 Å². The largest absolute Gasteiger partial charge is 0.391 e. The second kappa shape index (κ2) is 7.57. The van der Waals surface area contributed by atoms with Crippen LogP contribution < -0.4 is 11.0 Å². The highest BCUT2D eigenvalue weighted by atomic mass is 16.5. The van der Waals surface area contributed by atoms with Crippen LogP contribution in [0.3, 0.4) is 0 Å². The molecule has 0 fully saturated rings. The first-order valence-corrected chi connectivity index (χ1v) is 5.58. The van der Waals surface area contributed by atoms with Gasteiger partial charge in [0.15, 0.2) is 0 Å². The van der Waals surface area contributed by atoms with Crippen LogP contribution in [0.1, 0.15) is 6.42 Å². The molecule has 1 aromatic rings.